The molecule has 2 heterocycles. The minimum Gasteiger partial charge on any atom is -0.355 e. The molecule has 2 aromatic carbocycles. The number of likely N-dealkylation sites (tertiary alicyclic amines) is 1. The molecule has 0 unspecified atom stereocenters. The van der Waals surface area contributed by atoms with E-state index in [1.165, 1.54) is 12.1 Å². The third kappa shape index (κ3) is 3.40. The molecule has 146 valence electrons. The number of anilines is 1. The summed E-state index contributed by atoms with van der Waals surface area (Å²) in [6.45, 7) is 2.76. The number of fused-ring (bicyclic) bond motifs is 1. The Morgan fingerprint density at radius 1 is 1.25 bits per heavy atom. The van der Waals surface area contributed by atoms with Gasteiger partial charge < -0.3 is 10.2 Å². The molecule has 1 amide bonds. The van der Waals surface area contributed by atoms with Gasteiger partial charge in [0.2, 0.25) is 5.91 Å². The van der Waals surface area contributed by atoms with Crippen LogP contribution in [0.3, 0.4) is 0 Å². The number of nitrogens with one attached hydrogen (secondary N) is 1. The van der Waals surface area contributed by atoms with E-state index in [0.29, 0.717) is 42.2 Å². The molecule has 0 aliphatic carbocycles. The number of rotatable bonds is 2. The van der Waals surface area contributed by atoms with Gasteiger partial charge in [0.15, 0.2) is 5.84 Å². The van der Waals surface area contributed by atoms with Crippen LogP contribution in [0.5, 0.6) is 0 Å². The van der Waals surface area contributed by atoms with Crippen LogP contribution in [-0.4, -0.2) is 38.2 Å². The smallest absolute Gasteiger partial charge is 0.285 e. The Bertz CT molecular complexity index is 1080. The average molecular weight is 401 g/mol. The molecule has 4 rings (SSSR count). The Balaban J connectivity index is 1.53. The van der Waals surface area contributed by atoms with E-state index >= 15 is 0 Å². The molecule has 1 fully saturated rings. The van der Waals surface area contributed by atoms with Crippen molar-refractivity contribution >= 4 is 27.5 Å². The SMILES string of the molecule is Cc1cc(F)ccc1NC(=O)[C@H]1CCCN(C2=NS(=O)(=O)c3ccccc32)C1. The molecule has 0 spiro atoms. The summed E-state index contributed by atoms with van der Waals surface area (Å²) in [5.41, 5.74) is 1.81. The van der Waals surface area contributed by atoms with Crippen LogP contribution in [0, 0.1) is 18.7 Å². The van der Waals surface area contributed by atoms with E-state index in [4.69, 9.17) is 0 Å². The number of benzene rings is 2. The molecule has 0 radical (unpaired) electrons. The summed E-state index contributed by atoms with van der Waals surface area (Å²) in [4.78, 5) is 14.8. The van der Waals surface area contributed by atoms with Crippen LogP contribution in [0.4, 0.5) is 10.1 Å². The fraction of sp³-hybridized carbons (Fsp3) is 0.300. The van der Waals surface area contributed by atoms with Crippen LogP contribution in [-0.2, 0) is 14.8 Å². The van der Waals surface area contributed by atoms with Gasteiger partial charge in [0.05, 0.1) is 5.92 Å². The summed E-state index contributed by atoms with van der Waals surface area (Å²) in [6, 6.07) is 11.0. The quantitative estimate of drug-likeness (QED) is 0.839. The molecule has 28 heavy (non-hydrogen) atoms. The molecular weight excluding hydrogens is 381 g/mol. The molecule has 2 aliphatic heterocycles. The molecule has 0 aromatic heterocycles. The Kier molecular flexibility index (Phi) is 4.66. The molecule has 1 saturated heterocycles. The lowest BCUT2D eigenvalue weighted by molar-refractivity contribution is -0.121. The van der Waals surface area contributed by atoms with Crippen molar-refractivity contribution in [3.05, 3.63) is 59.4 Å². The van der Waals surface area contributed by atoms with Crippen molar-refractivity contribution in [1.29, 1.82) is 0 Å². The number of sulfonamides is 1. The first-order valence-corrected chi connectivity index (χ1v) is 10.6. The highest BCUT2D eigenvalue weighted by Gasteiger charge is 2.35. The first-order valence-electron chi connectivity index (χ1n) is 9.11. The van der Waals surface area contributed by atoms with Gasteiger partial charge in [-0.15, -0.1) is 4.40 Å². The fourth-order valence-corrected chi connectivity index (χ4v) is 4.93. The standard InChI is InChI=1S/C20H20FN3O3S/c1-13-11-15(21)8-9-17(13)22-20(25)14-5-4-10-24(12-14)19-16-6-2-3-7-18(16)28(26,27)23-19/h2-3,6-9,11,14H,4-5,10,12H2,1H3,(H,22,25)/t14-/m0/s1. The lowest BCUT2D eigenvalue weighted by atomic mass is 9.96. The van der Waals surface area contributed by atoms with Crippen LogP contribution in [0.2, 0.25) is 0 Å². The predicted octanol–water partition coefficient (Wildman–Crippen LogP) is 2.93. The zero-order valence-electron chi connectivity index (χ0n) is 15.4. The first kappa shape index (κ1) is 18.6. The van der Waals surface area contributed by atoms with E-state index in [0.717, 1.165) is 6.42 Å². The van der Waals surface area contributed by atoms with Crippen molar-refractivity contribution < 1.29 is 17.6 Å². The maximum atomic E-state index is 13.3. The highest BCUT2D eigenvalue weighted by molar-refractivity contribution is 7.90. The van der Waals surface area contributed by atoms with E-state index in [1.54, 1.807) is 37.3 Å². The van der Waals surface area contributed by atoms with E-state index in [-0.39, 0.29) is 22.5 Å². The molecule has 0 saturated carbocycles. The number of hydrogen-bond acceptors (Lipinski definition) is 4. The molecule has 0 bridgehead atoms. The first-order chi connectivity index (χ1) is 13.3. The second-order valence-corrected chi connectivity index (χ2v) is 8.69. The zero-order chi connectivity index (χ0) is 19.9. The van der Waals surface area contributed by atoms with Crippen molar-refractivity contribution in [2.75, 3.05) is 18.4 Å². The number of carbonyl (C=O) groups excluding carboxylic acids is 1. The minimum absolute atomic E-state index is 0.158. The molecule has 8 heteroatoms. The summed E-state index contributed by atoms with van der Waals surface area (Å²) in [7, 11) is -3.69. The Morgan fingerprint density at radius 3 is 2.82 bits per heavy atom. The lowest BCUT2D eigenvalue weighted by Crippen LogP contribution is -2.43. The minimum atomic E-state index is -3.69. The molecule has 2 aliphatic rings. The number of nitrogens with zero attached hydrogens (tertiary/aromatic N) is 2. The van der Waals surface area contributed by atoms with E-state index in [2.05, 4.69) is 9.71 Å². The van der Waals surface area contributed by atoms with Crippen molar-refractivity contribution in [3.63, 3.8) is 0 Å². The largest absolute Gasteiger partial charge is 0.355 e. The Hall–Kier alpha value is -2.74. The highest BCUT2D eigenvalue weighted by atomic mass is 32.2. The number of halogens is 1. The number of piperidine rings is 1. The number of amides is 1. The predicted molar refractivity (Wildman–Crippen MR) is 104 cm³/mol. The van der Waals surface area contributed by atoms with Gasteiger partial charge in [-0.3, -0.25) is 4.79 Å². The summed E-state index contributed by atoms with van der Waals surface area (Å²) < 4.78 is 41.8. The Morgan fingerprint density at radius 2 is 2.04 bits per heavy atom. The van der Waals surface area contributed by atoms with Gasteiger partial charge in [0, 0.05) is 24.3 Å². The second kappa shape index (κ2) is 7.01. The van der Waals surface area contributed by atoms with Gasteiger partial charge in [-0.05, 0) is 55.7 Å². The second-order valence-electron chi connectivity index (χ2n) is 7.12. The molecule has 1 N–H and O–H groups in total. The number of carbonyl (C=O) groups is 1. The van der Waals surface area contributed by atoms with Gasteiger partial charge in [0.25, 0.3) is 10.0 Å². The molecule has 6 nitrogen and oxygen atoms in total. The monoisotopic (exact) mass is 401 g/mol. The van der Waals surface area contributed by atoms with Crippen molar-refractivity contribution in [2.45, 2.75) is 24.7 Å². The summed E-state index contributed by atoms with van der Waals surface area (Å²) in [5.74, 6) is -0.407. The zero-order valence-corrected chi connectivity index (χ0v) is 16.2. The van der Waals surface area contributed by atoms with Gasteiger partial charge in [-0.1, -0.05) is 12.1 Å². The third-order valence-corrected chi connectivity index (χ3v) is 6.48. The van der Waals surface area contributed by atoms with Crippen molar-refractivity contribution in [1.82, 2.24) is 4.90 Å². The average Bonchev–Trinajstić information content (AvgIpc) is 2.96. The normalized spacial score (nSPS) is 20.4. The summed E-state index contributed by atoms with van der Waals surface area (Å²) in [6.07, 6.45) is 1.45. The molecule has 2 aromatic rings. The lowest BCUT2D eigenvalue weighted by Gasteiger charge is -2.33. The number of amidine groups is 1. The van der Waals surface area contributed by atoms with Crippen LogP contribution >= 0.6 is 0 Å². The van der Waals surface area contributed by atoms with E-state index in [9.17, 15) is 17.6 Å². The van der Waals surface area contributed by atoms with E-state index in [1.807, 2.05) is 4.90 Å². The molecular formula is C20H20FN3O3S. The number of aryl methyl sites for hydroxylation is 1. The van der Waals surface area contributed by atoms with Crippen LogP contribution in [0.1, 0.15) is 24.0 Å². The summed E-state index contributed by atoms with van der Waals surface area (Å²) >= 11 is 0. The number of hydrogen-bond donors (Lipinski definition) is 1. The van der Waals surface area contributed by atoms with Gasteiger partial charge in [-0.25, -0.2) is 4.39 Å². The fourth-order valence-electron chi connectivity index (χ4n) is 3.70. The maximum absolute atomic E-state index is 13.3. The maximum Gasteiger partial charge on any atom is 0.285 e. The third-order valence-electron chi connectivity index (χ3n) is 5.15. The van der Waals surface area contributed by atoms with Gasteiger partial charge in [0.1, 0.15) is 10.7 Å². The van der Waals surface area contributed by atoms with E-state index < -0.39 is 10.0 Å². The summed E-state index contributed by atoms with van der Waals surface area (Å²) in [5, 5.41) is 2.86. The van der Waals surface area contributed by atoms with Gasteiger partial charge >= 0.3 is 0 Å². The van der Waals surface area contributed by atoms with Crippen LogP contribution < -0.4 is 5.32 Å². The topological polar surface area (TPSA) is 78.8 Å². The molecule has 1 atom stereocenters. The van der Waals surface area contributed by atoms with Crippen molar-refractivity contribution in [3.8, 4) is 0 Å². The van der Waals surface area contributed by atoms with Crippen LogP contribution in [0.15, 0.2) is 51.8 Å². The van der Waals surface area contributed by atoms with Gasteiger partial charge in [-0.2, -0.15) is 8.42 Å². The van der Waals surface area contributed by atoms with Crippen molar-refractivity contribution in [2.24, 2.45) is 10.3 Å². The van der Waals surface area contributed by atoms with Crippen LogP contribution in [0.25, 0.3) is 0 Å². The Labute approximate surface area is 163 Å². The highest BCUT2D eigenvalue weighted by Crippen LogP contribution is 2.30.